The maximum absolute atomic E-state index is 12.2. The van der Waals surface area contributed by atoms with Gasteiger partial charge in [0.15, 0.2) is 15.3 Å². The topological polar surface area (TPSA) is 118 Å². The third kappa shape index (κ3) is 3.94. The molecule has 0 aromatic carbocycles. The smallest absolute Gasteiger partial charge is 0.323 e. The van der Waals surface area contributed by atoms with Gasteiger partial charge in [0.05, 0.1) is 18.1 Å². The highest BCUT2D eigenvalue weighted by Crippen LogP contribution is 2.41. The molecule has 0 saturated carbocycles. The van der Waals surface area contributed by atoms with E-state index in [4.69, 9.17) is 9.84 Å². The van der Waals surface area contributed by atoms with E-state index in [2.05, 4.69) is 0 Å². The van der Waals surface area contributed by atoms with Crippen LogP contribution in [0.5, 0.6) is 0 Å². The molecule has 2 unspecified atom stereocenters. The Labute approximate surface area is 124 Å². The number of aliphatic carboxylic acids is 1. The molecule has 0 aromatic rings. The van der Waals surface area contributed by atoms with Crippen LogP contribution in [-0.2, 0) is 24.2 Å². The largest absolute Gasteiger partial charge is 0.480 e. The third-order valence-corrected chi connectivity index (χ3v) is 5.70. The first-order valence-electron chi connectivity index (χ1n) is 7.02. The van der Waals surface area contributed by atoms with Crippen molar-refractivity contribution in [3.8, 4) is 0 Å². The number of carboxylic acid groups (broad SMARTS) is 1. The second kappa shape index (κ2) is 7.22. The molecule has 7 nitrogen and oxygen atoms in total. The van der Waals surface area contributed by atoms with E-state index in [-0.39, 0.29) is 37.6 Å². The molecule has 0 spiro atoms. The van der Waals surface area contributed by atoms with Crippen LogP contribution in [0.25, 0.3) is 0 Å². The predicted octanol–water partition coefficient (Wildman–Crippen LogP) is 0.218. The molecular formula is C13H22O7S. The molecule has 0 radical (unpaired) electrons. The maximum Gasteiger partial charge on any atom is 0.323 e. The summed E-state index contributed by atoms with van der Waals surface area (Å²) in [5.41, 5.74) is -1.84. The van der Waals surface area contributed by atoms with Crippen LogP contribution in [0, 0.1) is 11.3 Å². The minimum atomic E-state index is -3.31. The van der Waals surface area contributed by atoms with Gasteiger partial charge in [-0.3, -0.25) is 9.59 Å². The monoisotopic (exact) mass is 322 g/mol. The average Bonchev–Trinajstić information content (AvgIpc) is 2.75. The average molecular weight is 322 g/mol. The van der Waals surface area contributed by atoms with Gasteiger partial charge < -0.3 is 14.9 Å². The van der Waals surface area contributed by atoms with Gasteiger partial charge in [-0.15, -0.1) is 0 Å². The number of sulfone groups is 1. The van der Waals surface area contributed by atoms with Crippen molar-refractivity contribution in [2.45, 2.75) is 32.6 Å². The van der Waals surface area contributed by atoms with Gasteiger partial charge in [0, 0.05) is 12.5 Å². The Morgan fingerprint density at radius 2 is 2.00 bits per heavy atom. The van der Waals surface area contributed by atoms with Crippen molar-refractivity contribution in [1.29, 1.82) is 0 Å². The fourth-order valence-corrected chi connectivity index (χ4v) is 4.68. The van der Waals surface area contributed by atoms with Crippen molar-refractivity contribution in [2.75, 3.05) is 24.7 Å². The van der Waals surface area contributed by atoms with Crippen molar-refractivity contribution in [3.63, 3.8) is 0 Å². The van der Waals surface area contributed by atoms with E-state index < -0.39 is 33.1 Å². The minimum absolute atomic E-state index is 0.0259. The van der Waals surface area contributed by atoms with Crippen molar-refractivity contribution >= 4 is 21.8 Å². The van der Waals surface area contributed by atoms with E-state index in [1.807, 2.05) is 0 Å². The predicted molar refractivity (Wildman–Crippen MR) is 74.4 cm³/mol. The molecule has 122 valence electrons. The fourth-order valence-electron chi connectivity index (χ4n) is 2.80. The second-order valence-electron chi connectivity index (χ2n) is 5.28. The summed E-state index contributed by atoms with van der Waals surface area (Å²) in [5.74, 6) is -3.42. The summed E-state index contributed by atoms with van der Waals surface area (Å²) >= 11 is 0. The molecular weight excluding hydrogens is 300 g/mol. The molecule has 1 heterocycles. The van der Waals surface area contributed by atoms with Crippen molar-refractivity contribution in [1.82, 2.24) is 0 Å². The van der Waals surface area contributed by atoms with Gasteiger partial charge in [0.25, 0.3) is 0 Å². The number of aliphatic hydroxyl groups excluding tert-OH is 1. The lowest BCUT2D eigenvalue weighted by molar-refractivity contribution is -0.173. The summed E-state index contributed by atoms with van der Waals surface area (Å²) in [5, 5.41) is 18.4. The number of esters is 1. The summed E-state index contributed by atoms with van der Waals surface area (Å²) in [4.78, 5) is 24.0. The van der Waals surface area contributed by atoms with E-state index in [1.165, 1.54) is 0 Å². The normalized spacial score (nSPS) is 23.4. The molecule has 2 atom stereocenters. The van der Waals surface area contributed by atoms with Gasteiger partial charge in [0.2, 0.25) is 0 Å². The highest BCUT2D eigenvalue weighted by atomic mass is 32.2. The lowest BCUT2D eigenvalue weighted by Gasteiger charge is -2.32. The Balaban J connectivity index is 3.11. The zero-order valence-corrected chi connectivity index (χ0v) is 12.9. The number of unbranched alkanes of at least 4 members (excludes halogenated alkanes) is 1. The molecule has 1 aliphatic rings. The lowest BCUT2D eigenvalue weighted by atomic mass is 9.71. The number of hydrogen-bond acceptors (Lipinski definition) is 6. The summed E-state index contributed by atoms with van der Waals surface area (Å²) in [6.45, 7) is 1.50. The van der Waals surface area contributed by atoms with Gasteiger partial charge in [-0.05, 0) is 32.6 Å². The van der Waals surface area contributed by atoms with E-state index in [1.54, 1.807) is 6.92 Å². The molecule has 8 heteroatoms. The number of aliphatic hydroxyl groups is 1. The van der Waals surface area contributed by atoms with E-state index >= 15 is 0 Å². The Morgan fingerprint density at radius 3 is 2.43 bits per heavy atom. The van der Waals surface area contributed by atoms with Gasteiger partial charge in [-0.25, -0.2) is 8.42 Å². The van der Waals surface area contributed by atoms with Crippen LogP contribution in [0.4, 0.5) is 0 Å². The zero-order chi connectivity index (χ0) is 16.1. The molecule has 0 bridgehead atoms. The first-order valence-corrected chi connectivity index (χ1v) is 8.84. The van der Waals surface area contributed by atoms with Crippen LogP contribution in [-0.4, -0.2) is 55.3 Å². The van der Waals surface area contributed by atoms with Crippen LogP contribution in [0.1, 0.15) is 32.6 Å². The zero-order valence-electron chi connectivity index (χ0n) is 12.1. The Kier molecular flexibility index (Phi) is 6.15. The molecule has 1 fully saturated rings. The van der Waals surface area contributed by atoms with E-state index in [0.29, 0.717) is 12.8 Å². The SMILES string of the molecule is CCOC(=O)C(CCCCO)(C(=O)O)C1CCS(=O)(=O)C1. The Morgan fingerprint density at radius 1 is 1.33 bits per heavy atom. The van der Waals surface area contributed by atoms with Gasteiger partial charge >= 0.3 is 11.9 Å². The molecule has 1 rings (SSSR count). The summed E-state index contributed by atoms with van der Waals surface area (Å²) in [6.07, 6.45) is 0.792. The maximum atomic E-state index is 12.2. The van der Waals surface area contributed by atoms with E-state index in [0.717, 1.165) is 0 Å². The number of rotatable bonds is 8. The van der Waals surface area contributed by atoms with Gasteiger partial charge in [0.1, 0.15) is 0 Å². The number of carboxylic acids is 1. The van der Waals surface area contributed by atoms with Crippen molar-refractivity contribution in [2.24, 2.45) is 11.3 Å². The number of carbonyl (C=O) groups excluding carboxylic acids is 1. The first kappa shape index (κ1) is 17.9. The fraction of sp³-hybridized carbons (Fsp3) is 0.846. The standard InChI is InChI=1S/C13H22O7S/c1-2-20-12(17)13(11(15)16,6-3-4-7-14)10-5-8-21(18,19)9-10/h10,14H,2-9H2,1H3,(H,15,16). The van der Waals surface area contributed by atoms with Crippen molar-refractivity contribution in [3.05, 3.63) is 0 Å². The molecule has 2 N–H and O–H groups in total. The molecule has 1 aliphatic heterocycles. The highest BCUT2D eigenvalue weighted by Gasteiger charge is 2.56. The molecule has 0 aromatic heterocycles. The summed E-state index contributed by atoms with van der Waals surface area (Å²) < 4.78 is 28.2. The quantitative estimate of drug-likeness (QED) is 0.373. The van der Waals surface area contributed by atoms with Crippen molar-refractivity contribution < 1.29 is 33.0 Å². The highest BCUT2D eigenvalue weighted by molar-refractivity contribution is 7.91. The van der Waals surface area contributed by atoms with Crippen LogP contribution in [0.2, 0.25) is 0 Å². The van der Waals surface area contributed by atoms with E-state index in [9.17, 15) is 23.1 Å². The van der Waals surface area contributed by atoms with Gasteiger partial charge in [-0.2, -0.15) is 0 Å². The van der Waals surface area contributed by atoms with Crippen LogP contribution in [0.15, 0.2) is 0 Å². The summed E-state index contributed by atoms with van der Waals surface area (Å²) in [7, 11) is -3.31. The number of carbonyl (C=O) groups is 2. The second-order valence-corrected chi connectivity index (χ2v) is 7.51. The number of hydrogen-bond donors (Lipinski definition) is 2. The molecule has 0 amide bonds. The van der Waals surface area contributed by atoms with Crippen LogP contribution >= 0.6 is 0 Å². The first-order chi connectivity index (χ1) is 9.80. The molecule has 1 saturated heterocycles. The Bertz CT molecular complexity index is 485. The Hall–Kier alpha value is -1.15. The molecule has 0 aliphatic carbocycles. The lowest BCUT2D eigenvalue weighted by Crippen LogP contribution is -2.47. The summed E-state index contributed by atoms with van der Waals surface area (Å²) in [6, 6.07) is 0. The third-order valence-electron chi connectivity index (χ3n) is 3.93. The van der Waals surface area contributed by atoms with Gasteiger partial charge in [-0.1, -0.05) is 0 Å². The molecule has 21 heavy (non-hydrogen) atoms. The van der Waals surface area contributed by atoms with Crippen LogP contribution in [0.3, 0.4) is 0 Å². The minimum Gasteiger partial charge on any atom is -0.480 e. The number of ether oxygens (including phenoxy) is 1. The van der Waals surface area contributed by atoms with Crippen LogP contribution < -0.4 is 0 Å².